The molecule has 106 valence electrons. The summed E-state index contributed by atoms with van der Waals surface area (Å²) >= 11 is 0. The standard InChI is InChI=1S/C14H18N4O2/c19-14(20)11-5-2-9-18(11)13-10(4-1-6-17-13)12-15-7-3-8-16-12/h1,4,6,11H,2-3,5,7-9H2,(H,15,16)(H,19,20). The first-order chi connectivity index (χ1) is 9.77. The molecule has 6 heteroatoms. The van der Waals surface area contributed by atoms with E-state index < -0.39 is 12.0 Å². The average Bonchev–Trinajstić information content (AvgIpc) is 2.98. The number of aliphatic imine (C=N–C) groups is 1. The summed E-state index contributed by atoms with van der Waals surface area (Å²) in [5, 5.41) is 12.6. The highest BCUT2D eigenvalue weighted by atomic mass is 16.4. The number of aromatic nitrogens is 1. The quantitative estimate of drug-likeness (QED) is 0.855. The van der Waals surface area contributed by atoms with Crippen LogP contribution in [0.2, 0.25) is 0 Å². The molecule has 0 saturated carbocycles. The van der Waals surface area contributed by atoms with Gasteiger partial charge in [-0.3, -0.25) is 4.99 Å². The number of hydrogen-bond donors (Lipinski definition) is 2. The van der Waals surface area contributed by atoms with E-state index in [1.165, 1.54) is 0 Å². The van der Waals surface area contributed by atoms with Crippen LogP contribution in [-0.2, 0) is 4.79 Å². The van der Waals surface area contributed by atoms with Gasteiger partial charge < -0.3 is 15.3 Å². The zero-order valence-corrected chi connectivity index (χ0v) is 11.2. The van der Waals surface area contributed by atoms with E-state index in [9.17, 15) is 9.90 Å². The molecule has 2 aliphatic heterocycles. The lowest BCUT2D eigenvalue weighted by molar-refractivity contribution is -0.138. The van der Waals surface area contributed by atoms with Crippen molar-refractivity contribution in [2.75, 3.05) is 24.5 Å². The lowest BCUT2D eigenvalue weighted by Crippen LogP contribution is -2.39. The Morgan fingerprint density at radius 2 is 2.35 bits per heavy atom. The minimum atomic E-state index is -0.780. The summed E-state index contributed by atoms with van der Waals surface area (Å²) in [5.74, 6) is 0.776. The maximum absolute atomic E-state index is 11.4. The second-order valence-electron chi connectivity index (χ2n) is 5.07. The maximum atomic E-state index is 11.4. The van der Waals surface area contributed by atoms with E-state index in [1.807, 2.05) is 17.0 Å². The molecule has 0 spiro atoms. The van der Waals surface area contributed by atoms with Crippen LogP contribution in [0.25, 0.3) is 0 Å². The summed E-state index contributed by atoms with van der Waals surface area (Å²) in [6, 6.07) is 3.34. The lowest BCUT2D eigenvalue weighted by atomic mass is 10.1. The number of hydrogen-bond acceptors (Lipinski definition) is 5. The van der Waals surface area contributed by atoms with Crippen LogP contribution in [0.1, 0.15) is 24.8 Å². The molecule has 1 aromatic heterocycles. The van der Waals surface area contributed by atoms with Gasteiger partial charge in [0.2, 0.25) is 0 Å². The number of nitrogens with one attached hydrogen (secondary N) is 1. The minimum Gasteiger partial charge on any atom is -0.480 e. The van der Waals surface area contributed by atoms with Crippen LogP contribution in [-0.4, -0.2) is 47.6 Å². The third kappa shape index (κ3) is 2.33. The zero-order valence-electron chi connectivity index (χ0n) is 11.2. The van der Waals surface area contributed by atoms with Gasteiger partial charge in [-0.15, -0.1) is 0 Å². The topological polar surface area (TPSA) is 77.8 Å². The molecule has 0 bridgehead atoms. The van der Waals surface area contributed by atoms with E-state index in [1.54, 1.807) is 6.20 Å². The molecule has 2 N–H and O–H groups in total. The molecule has 0 aliphatic carbocycles. The molecule has 20 heavy (non-hydrogen) atoms. The molecule has 0 amide bonds. The van der Waals surface area contributed by atoms with Crippen molar-refractivity contribution >= 4 is 17.6 Å². The van der Waals surface area contributed by atoms with Gasteiger partial charge in [-0.2, -0.15) is 0 Å². The van der Waals surface area contributed by atoms with Gasteiger partial charge in [0.05, 0.1) is 5.56 Å². The molecule has 0 aromatic carbocycles. The third-order valence-corrected chi connectivity index (χ3v) is 3.75. The summed E-state index contributed by atoms with van der Waals surface area (Å²) in [6.07, 6.45) is 4.29. The van der Waals surface area contributed by atoms with Crippen LogP contribution in [0.5, 0.6) is 0 Å². The van der Waals surface area contributed by atoms with E-state index in [0.717, 1.165) is 49.7 Å². The number of aliphatic carboxylic acids is 1. The molecule has 1 aromatic rings. The molecule has 1 unspecified atom stereocenters. The largest absolute Gasteiger partial charge is 0.480 e. The Morgan fingerprint density at radius 1 is 1.45 bits per heavy atom. The number of nitrogens with zero attached hydrogens (tertiary/aromatic N) is 3. The molecule has 1 fully saturated rings. The zero-order chi connectivity index (χ0) is 13.9. The van der Waals surface area contributed by atoms with Crippen molar-refractivity contribution in [3.8, 4) is 0 Å². The van der Waals surface area contributed by atoms with E-state index >= 15 is 0 Å². The number of pyridine rings is 1. The van der Waals surface area contributed by atoms with Crippen molar-refractivity contribution in [2.24, 2.45) is 4.99 Å². The van der Waals surface area contributed by atoms with Crippen molar-refractivity contribution in [1.29, 1.82) is 0 Å². The van der Waals surface area contributed by atoms with Crippen LogP contribution < -0.4 is 10.2 Å². The molecular formula is C14H18N4O2. The summed E-state index contributed by atoms with van der Waals surface area (Å²) in [7, 11) is 0. The third-order valence-electron chi connectivity index (χ3n) is 3.75. The van der Waals surface area contributed by atoms with Crippen LogP contribution in [0, 0.1) is 0 Å². The van der Waals surface area contributed by atoms with E-state index in [-0.39, 0.29) is 0 Å². The Kier molecular flexibility index (Phi) is 3.54. The Bertz CT molecular complexity index is 544. The van der Waals surface area contributed by atoms with Gasteiger partial charge in [0.15, 0.2) is 0 Å². The molecular weight excluding hydrogens is 256 g/mol. The van der Waals surface area contributed by atoms with Gasteiger partial charge in [0.25, 0.3) is 0 Å². The van der Waals surface area contributed by atoms with Crippen LogP contribution in [0.15, 0.2) is 23.3 Å². The van der Waals surface area contributed by atoms with Crippen molar-refractivity contribution in [2.45, 2.75) is 25.3 Å². The van der Waals surface area contributed by atoms with Crippen molar-refractivity contribution in [3.05, 3.63) is 23.9 Å². The first-order valence-electron chi connectivity index (χ1n) is 7.00. The molecule has 0 radical (unpaired) electrons. The summed E-state index contributed by atoms with van der Waals surface area (Å²) in [4.78, 5) is 22.1. The van der Waals surface area contributed by atoms with Crippen molar-refractivity contribution < 1.29 is 9.90 Å². The van der Waals surface area contributed by atoms with Gasteiger partial charge in [-0.05, 0) is 31.4 Å². The predicted molar refractivity (Wildman–Crippen MR) is 76.3 cm³/mol. The second-order valence-corrected chi connectivity index (χ2v) is 5.07. The van der Waals surface area contributed by atoms with Gasteiger partial charge in [0.1, 0.15) is 17.7 Å². The number of carbonyl (C=O) groups is 1. The van der Waals surface area contributed by atoms with Gasteiger partial charge in [0, 0.05) is 25.8 Å². The molecule has 2 aliphatic rings. The Balaban J connectivity index is 1.97. The molecule has 1 saturated heterocycles. The molecule has 1 atom stereocenters. The molecule has 3 heterocycles. The Hall–Kier alpha value is -2.11. The monoisotopic (exact) mass is 274 g/mol. The second kappa shape index (κ2) is 5.48. The first-order valence-corrected chi connectivity index (χ1v) is 7.00. The van der Waals surface area contributed by atoms with Crippen molar-refractivity contribution in [3.63, 3.8) is 0 Å². The fourth-order valence-corrected chi connectivity index (χ4v) is 2.80. The normalized spacial score (nSPS) is 22.3. The summed E-state index contributed by atoms with van der Waals surface area (Å²) < 4.78 is 0. The van der Waals surface area contributed by atoms with E-state index in [0.29, 0.717) is 6.42 Å². The highest BCUT2D eigenvalue weighted by Gasteiger charge is 2.33. The molecule has 3 rings (SSSR count). The van der Waals surface area contributed by atoms with Crippen molar-refractivity contribution in [1.82, 2.24) is 10.3 Å². The predicted octanol–water partition coefficient (Wildman–Crippen LogP) is 0.875. The fourth-order valence-electron chi connectivity index (χ4n) is 2.80. The van der Waals surface area contributed by atoms with E-state index in [2.05, 4.69) is 15.3 Å². The minimum absolute atomic E-state index is 0.479. The van der Waals surface area contributed by atoms with Gasteiger partial charge in [-0.25, -0.2) is 9.78 Å². The van der Waals surface area contributed by atoms with Crippen LogP contribution in [0.3, 0.4) is 0 Å². The average molecular weight is 274 g/mol. The first kappa shape index (κ1) is 12.9. The highest BCUT2D eigenvalue weighted by molar-refractivity contribution is 6.03. The number of anilines is 1. The number of rotatable bonds is 3. The summed E-state index contributed by atoms with van der Waals surface area (Å²) in [5.41, 5.74) is 0.903. The summed E-state index contributed by atoms with van der Waals surface area (Å²) in [6.45, 7) is 2.43. The van der Waals surface area contributed by atoms with Gasteiger partial charge >= 0.3 is 5.97 Å². The fraction of sp³-hybridized carbons (Fsp3) is 0.500. The smallest absolute Gasteiger partial charge is 0.326 e. The number of carboxylic acids is 1. The Labute approximate surface area is 117 Å². The Morgan fingerprint density at radius 3 is 3.10 bits per heavy atom. The van der Waals surface area contributed by atoms with Crippen LogP contribution in [0.4, 0.5) is 5.82 Å². The van der Waals surface area contributed by atoms with E-state index in [4.69, 9.17) is 0 Å². The highest BCUT2D eigenvalue weighted by Crippen LogP contribution is 2.27. The lowest BCUT2D eigenvalue weighted by Gasteiger charge is -2.26. The maximum Gasteiger partial charge on any atom is 0.326 e. The number of carboxylic acid groups (broad SMARTS) is 1. The van der Waals surface area contributed by atoms with Crippen LogP contribution >= 0.6 is 0 Å². The SMILES string of the molecule is O=C(O)C1CCCN1c1ncccc1C1=NCCCN1. The molecule has 6 nitrogen and oxygen atoms in total. The van der Waals surface area contributed by atoms with Gasteiger partial charge in [-0.1, -0.05) is 0 Å². The number of amidine groups is 1.